The van der Waals surface area contributed by atoms with Gasteiger partial charge in [0.25, 0.3) is 0 Å². The SMILES string of the molecule is C=Cc1cc(C(C)C)cc(N2CC(C)OC(C)C2)n1. The molecule has 0 bridgehead atoms. The van der Waals surface area contributed by atoms with Crippen LogP contribution in [0.4, 0.5) is 5.82 Å². The fourth-order valence-corrected chi connectivity index (χ4v) is 2.52. The average molecular weight is 260 g/mol. The second kappa shape index (κ2) is 5.74. The Morgan fingerprint density at radius 2 is 1.95 bits per heavy atom. The van der Waals surface area contributed by atoms with E-state index in [1.807, 2.05) is 6.08 Å². The van der Waals surface area contributed by atoms with Crippen LogP contribution in [0.3, 0.4) is 0 Å². The molecule has 19 heavy (non-hydrogen) atoms. The van der Waals surface area contributed by atoms with Gasteiger partial charge in [-0.15, -0.1) is 0 Å². The molecule has 0 aromatic carbocycles. The van der Waals surface area contributed by atoms with Crippen molar-refractivity contribution in [3.05, 3.63) is 30.0 Å². The van der Waals surface area contributed by atoms with Crippen LogP contribution in [0.2, 0.25) is 0 Å². The molecule has 0 amide bonds. The Bertz CT molecular complexity index is 446. The highest BCUT2D eigenvalue weighted by molar-refractivity contribution is 5.52. The zero-order valence-corrected chi connectivity index (χ0v) is 12.4. The highest BCUT2D eigenvalue weighted by Gasteiger charge is 2.23. The van der Waals surface area contributed by atoms with Crippen LogP contribution in [-0.4, -0.2) is 30.3 Å². The van der Waals surface area contributed by atoms with Gasteiger partial charge in [0.05, 0.1) is 17.9 Å². The monoisotopic (exact) mass is 260 g/mol. The van der Waals surface area contributed by atoms with Crippen LogP contribution in [0.25, 0.3) is 6.08 Å². The summed E-state index contributed by atoms with van der Waals surface area (Å²) in [6.45, 7) is 14.3. The maximum atomic E-state index is 5.78. The third kappa shape index (κ3) is 3.35. The summed E-state index contributed by atoms with van der Waals surface area (Å²) in [5.41, 5.74) is 2.26. The van der Waals surface area contributed by atoms with Crippen molar-refractivity contribution in [3.63, 3.8) is 0 Å². The largest absolute Gasteiger partial charge is 0.372 e. The van der Waals surface area contributed by atoms with Gasteiger partial charge in [-0.25, -0.2) is 4.98 Å². The summed E-state index contributed by atoms with van der Waals surface area (Å²) in [5.74, 6) is 1.54. The number of pyridine rings is 1. The van der Waals surface area contributed by atoms with Gasteiger partial charge >= 0.3 is 0 Å². The van der Waals surface area contributed by atoms with Crippen LogP contribution in [-0.2, 0) is 4.74 Å². The lowest BCUT2D eigenvalue weighted by Gasteiger charge is -2.36. The van der Waals surface area contributed by atoms with Gasteiger partial charge in [0.1, 0.15) is 5.82 Å². The fourth-order valence-electron chi connectivity index (χ4n) is 2.52. The summed E-state index contributed by atoms with van der Waals surface area (Å²) in [7, 11) is 0. The topological polar surface area (TPSA) is 25.4 Å². The second-order valence-corrected chi connectivity index (χ2v) is 5.70. The van der Waals surface area contributed by atoms with E-state index in [9.17, 15) is 0 Å². The maximum absolute atomic E-state index is 5.78. The number of nitrogens with zero attached hydrogens (tertiary/aromatic N) is 2. The molecule has 0 aliphatic carbocycles. The lowest BCUT2D eigenvalue weighted by molar-refractivity contribution is -0.00546. The molecule has 2 rings (SSSR count). The Morgan fingerprint density at radius 3 is 2.47 bits per heavy atom. The van der Waals surface area contributed by atoms with E-state index in [4.69, 9.17) is 4.74 Å². The van der Waals surface area contributed by atoms with E-state index < -0.39 is 0 Å². The summed E-state index contributed by atoms with van der Waals surface area (Å²) in [5, 5.41) is 0. The predicted octanol–water partition coefficient (Wildman–Crippen LogP) is 3.46. The molecular formula is C16H24N2O. The third-order valence-electron chi connectivity index (χ3n) is 3.47. The zero-order chi connectivity index (χ0) is 14.0. The van der Waals surface area contributed by atoms with E-state index in [0.717, 1.165) is 24.6 Å². The maximum Gasteiger partial charge on any atom is 0.129 e. The molecule has 2 unspecified atom stereocenters. The van der Waals surface area contributed by atoms with Gasteiger partial charge in [-0.05, 0) is 43.5 Å². The molecule has 2 atom stereocenters. The van der Waals surface area contributed by atoms with Crippen LogP contribution >= 0.6 is 0 Å². The molecule has 2 heterocycles. The number of anilines is 1. The summed E-state index contributed by atoms with van der Waals surface area (Å²) >= 11 is 0. The Morgan fingerprint density at radius 1 is 1.32 bits per heavy atom. The summed E-state index contributed by atoms with van der Waals surface area (Å²) in [6.07, 6.45) is 2.32. The molecule has 1 aliphatic rings. The molecule has 3 nitrogen and oxygen atoms in total. The summed E-state index contributed by atoms with van der Waals surface area (Å²) < 4.78 is 5.78. The van der Waals surface area contributed by atoms with Crippen molar-refractivity contribution in [3.8, 4) is 0 Å². The Kier molecular flexibility index (Phi) is 4.25. The molecule has 0 radical (unpaired) electrons. The van der Waals surface area contributed by atoms with Crippen LogP contribution in [0.1, 0.15) is 44.9 Å². The standard InChI is InChI=1S/C16H24N2O/c1-6-15-7-14(11(2)3)8-16(17-15)18-9-12(4)19-13(5)10-18/h6-8,11-13H,1,9-10H2,2-5H3. The van der Waals surface area contributed by atoms with Gasteiger partial charge in [-0.1, -0.05) is 20.4 Å². The van der Waals surface area contributed by atoms with Gasteiger partial charge in [-0.2, -0.15) is 0 Å². The van der Waals surface area contributed by atoms with Gasteiger partial charge < -0.3 is 9.64 Å². The molecule has 0 saturated carbocycles. The third-order valence-corrected chi connectivity index (χ3v) is 3.47. The second-order valence-electron chi connectivity index (χ2n) is 5.70. The van der Waals surface area contributed by atoms with Crippen molar-refractivity contribution in [1.29, 1.82) is 0 Å². The number of hydrogen-bond acceptors (Lipinski definition) is 3. The molecule has 0 N–H and O–H groups in total. The molecule has 3 heteroatoms. The lowest BCUT2D eigenvalue weighted by Crippen LogP contribution is -2.45. The van der Waals surface area contributed by atoms with E-state index in [0.29, 0.717) is 5.92 Å². The first-order valence-electron chi connectivity index (χ1n) is 7.04. The lowest BCUT2D eigenvalue weighted by atomic mass is 10.0. The van der Waals surface area contributed by atoms with Gasteiger partial charge in [0.2, 0.25) is 0 Å². The highest BCUT2D eigenvalue weighted by Crippen LogP contribution is 2.24. The number of aromatic nitrogens is 1. The van der Waals surface area contributed by atoms with Gasteiger partial charge in [-0.3, -0.25) is 0 Å². The molecular weight excluding hydrogens is 236 g/mol. The molecule has 1 saturated heterocycles. The van der Waals surface area contributed by atoms with E-state index in [2.05, 4.69) is 56.3 Å². The molecule has 1 aliphatic heterocycles. The summed E-state index contributed by atoms with van der Waals surface area (Å²) in [6, 6.07) is 4.32. The Hall–Kier alpha value is -1.35. The quantitative estimate of drug-likeness (QED) is 0.832. The van der Waals surface area contributed by atoms with Crippen LogP contribution in [0.5, 0.6) is 0 Å². The van der Waals surface area contributed by atoms with Crippen molar-refractivity contribution in [2.45, 2.75) is 45.8 Å². The van der Waals surface area contributed by atoms with Crippen LogP contribution < -0.4 is 4.90 Å². The molecule has 1 fully saturated rings. The zero-order valence-electron chi connectivity index (χ0n) is 12.4. The Labute approximate surface area is 116 Å². The van der Waals surface area contributed by atoms with E-state index in [1.54, 1.807) is 0 Å². The average Bonchev–Trinajstić information content (AvgIpc) is 2.37. The highest BCUT2D eigenvalue weighted by atomic mass is 16.5. The van der Waals surface area contributed by atoms with Gasteiger partial charge in [0, 0.05) is 13.1 Å². The first-order valence-corrected chi connectivity index (χ1v) is 7.04. The van der Waals surface area contributed by atoms with Crippen molar-refractivity contribution in [1.82, 2.24) is 4.98 Å². The van der Waals surface area contributed by atoms with Crippen molar-refractivity contribution in [2.24, 2.45) is 0 Å². The van der Waals surface area contributed by atoms with Crippen LogP contribution in [0.15, 0.2) is 18.7 Å². The van der Waals surface area contributed by atoms with E-state index in [-0.39, 0.29) is 12.2 Å². The fraction of sp³-hybridized carbons (Fsp3) is 0.562. The van der Waals surface area contributed by atoms with Crippen molar-refractivity contribution < 1.29 is 4.74 Å². The Balaban J connectivity index is 2.32. The molecule has 1 aromatic heterocycles. The molecule has 0 spiro atoms. The van der Waals surface area contributed by atoms with E-state index in [1.165, 1.54) is 5.56 Å². The normalized spacial score (nSPS) is 23.7. The minimum absolute atomic E-state index is 0.250. The number of hydrogen-bond donors (Lipinski definition) is 0. The minimum atomic E-state index is 0.250. The smallest absolute Gasteiger partial charge is 0.129 e. The van der Waals surface area contributed by atoms with Gasteiger partial charge in [0.15, 0.2) is 0 Å². The van der Waals surface area contributed by atoms with Crippen LogP contribution in [0, 0.1) is 0 Å². The number of ether oxygens (including phenoxy) is 1. The summed E-state index contributed by atoms with van der Waals surface area (Å²) in [4.78, 5) is 7.00. The van der Waals surface area contributed by atoms with E-state index >= 15 is 0 Å². The first-order chi connectivity index (χ1) is 8.99. The molecule has 104 valence electrons. The van der Waals surface area contributed by atoms with Crippen molar-refractivity contribution in [2.75, 3.05) is 18.0 Å². The number of morpholine rings is 1. The predicted molar refractivity (Wildman–Crippen MR) is 80.6 cm³/mol. The first kappa shape index (κ1) is 14.1. The number of rotatable bonds is 3. The minimum Gasteiger partial charge on any atom is -0.372 e. The van der Waals surface area contributed by atoms with Crippen molar-refractivity contribution >= 4 is 11.9 Å². The molecule has 1 aromatic rings.